The molecular weight excluding hydrogens is 296 g/mol. The minimum Gasteiger partial charge on any atom is -0.338 e. The van der Waals surface area contributed by atoms with Crippen molar-refractivity contribution in [2.45, 2.75) is 57.9 Å². The first-order valence-electron chi connectivity index (χ1n) is 8.26. The van der Waals surface area contributed by atoms with Gasteiger partial charge < -0.3 is 10.6 Å². The highest BCUT2D eigenvalue weighted by Crippen LogP contribution is 2.18. The van der Waals surface area contributed by atoms with Crippen LogP contribution in [0.1, 0.15) is 49.7 Å². The largest absolute Gasteiger partial charge is 0.338 e. The number of halogens is 1. The lowest BCUT2D eigenvalue weighted by Gasteiger charge is -2.35. The summed E-state index contributed by atoms with van der Waals surface area (Å²) in [5.41, 5.74) is 8.45. The molecule has 4 heteroatoms. The fraction of sp³-hybridized carbons (Fsp3) is 0.611. The summed E-state index contributed by atoms with van der Waals surface area (Å²) in [7, 11) is 0. The number of amides is 1. The van der Waals surface area contributed by atoms with Gasteiger partial charge in [0, 0.05) is 25.6 Å². The van der Waals surface area contributed by atoms with Gasteiger partial charge in [0.15, 0.2) is 0 Å². The molecule has 0 spiro atoms. The van der Waals surface area contributed by atoms with Crippen molar-refractivity contribution in [1.29, 1.82) is 0 Å². The number of aryl methyl sites for hydroxylation is 2. The van der Waals surface area contributed by atoms with Gasteiger partial charge in [0.05, 0.1) is 0 Å². The van der Waals surface area contributed by atoms with E-state index in [1.807, 2.05) is 4.90 Å². The highest BCUT2D eigenvalue weighted by molar-refractivity contribution is 5.85. The van der Waals surface area contributed by atoms with E-state index in [-0.39, 0.29) is 18.4 Å². The van der Waals surface area contributed by atoms with E-state index < -0.39 is 0 Å². The Morgan fingerprint density at radius 3 is 2.64 bits per heavy atom. The SMILES string of the molecule is Cc1ccc(CCCCC(=O)N2CCCCC2CN)cc1.Cl. The number of hydrogen-bond donors (Lipinski definition) is 1. The molecular formula is C18H29ClN2O. The van der Waals surface area contributed by atoms with Crippen molar-refractivity contribution in [2.75, 3.05) is 13.1 Å². The minimum atomic E-state index is 0. The zero-order chi connectivity index (χ0) is 15.1. The molecule has 1 aromatic carbocycles. The van der Waals surface area contributed by atoms with Crippen LogP contribution in [0.5, 0.6) is 0 Å². The molecule has 1 fully saturated rings. The first-order valence-corrected chi connectivity index (χ1v) is 8.26. The van der Waals surface area contributed by atoms with E-state index in [9.17, 15) is 4.79 Å². The molecule has 2 N–H and O–H groups in total. The number of carbonyl (C=O) groups is 1. The van der Waals surface area contributed by atoms with E-state index >= 15 is 0 Å². The van der Waals surface area contributed by atoms with Gasteiger partial charge in [-0.05, 0) is 51.0 Å². The van der Waals surface area contributed by atoms with Crippen LogP contribution in [0.15, 0.2) is 24.3 Å². The van der Waals surface area contributed by atoms with Crippen molar-refractivity contribution in [1.82, 2.24) is 4.90 Å². The second-order valence-corrected chi connectivity index (χ2v) is 6.17. The molecule has 3 nitrogen and oxygen atoms in total. The van der Waals surface area contributed by atoms with Crippen LogP contribution in [-0.2, 0) is 11.2 Å². The first kappa shape index (κ1) is 19.0. The molecule has 2 rings (SSSR count). The Balaban J connectivity index is 0.00000242. The maximum atomic E-state index is 12.3. The number of nitrogens with zero attached hydrogens (tertiary/aromatic N) is 1. The first-order chi connectivity index (χ1) is 10.2. The highest BCUT2D eigenvalue weighted by Gasteiger charge is 2.24. The molecule has 0 aromatic heterocycles. The van der Waals surface area contributed by atoms with E-state index in [2.05, 4.69) is 31.2 Å². The van der Waals surface area contributed by atoms with E-state index in [0.717, 1.165) is 38.6 Å². The van der Waals surface area contributed by atoms with Crippen LogP contribution >= 0.6 is 12.4 Å². The lowest BCUT2D eigenvalue weighted by Crippen LogP contribution is -2.47. The van der Waals surface area contributed by atoms with Gasteiger partial charge in [0.1, 0.15) is 0 Å². The van der Waals surface area contributed by atoms with Gasteiger partial charge in [-0.3, -0.25) is 4.79 Å². The number of hydrogen-bond acceptors (Lipinski definition) is 2. The summed E-state index contributed by atoms with van der Waals surface area (Å²) in [5.74, 6) is 0.300. The lowest BCUT2D eigenvalue weighted by atomic mass is 10.0. The molecule has 1 unspecified atom stereocenters. The van der Waals surface area contributed by atoms with Crippen LogP contribution in [0.4, 0.5) is 0 Å². The Kier molecular flexibility index (Phi) is 8.51. The minimum absolute atomic E-state index is 0. The summed E-state index contributed by atoms with van der Waals surface area (Å²) in [4.78, 5) is 14.3. The van der Waals surface area contributed by atoms with Crippen LogP contribution in [0.3, 0.4) is 0 Å². The lowest BCUT2D eigenvalue weighted by molar-refractivity contribution is -0.134. The van der Waals surface area contributed by atoms with Crippen LogP contribution < -0.4 is 5.73 Å². The van der Waals surface area contributed by atoms with Crippen LogP contribution in [0.25, 0.3) is 0 Å². The molecule has 1 amide bonds. The number of rotatable bonds is 6. The summed E-state index contributed by atoms with van der Waals surface area (Å²) in [6.45, 7) is 3.61. The third-order valence-electron chi connectivity index (χ3n) is 4.45. The van der Waals surface area contributed by atoms with Crippen molar-refractivity contribution < 1.29 is 4.79 Å². The molecule has 0 aliphatic carbocycles. The summed E-state index contributed by atoms with van der Waals surface area (Å²) < 4.78 is 0. The maximum Gasteiger partial charge on any atom is 0.222 e. The van der Waals surface area contributed by atoms with Gasteiger partial charge in [-0.2, -0.15) is 0 Å². The highest BCUT2D eigenvalue weighted by atomic mass is 35.5. The topological polar surface area (TPSA) is 46.3 Å². The summed E-state index contributed by atoms with van der Waals surface area (Å²) in [5, 5.41) is 0. The third-order valence-corrected chi connectivity index (χ3v) is 4.45. The fourth-order valence-corrected chi connectivity index (χ4v) is 3.08. The quantitative estimate of drug-likeness (QED) is 0.814. The van der Waals surface area contributed by atoms with Gasteiger partial charge in [-0.25, -0.2) is 0 Å². The van der Waals surface area contributed by atoms with Gasteiger partial charge in [-0.15, -0.1) is 12.4 Å². The Labute approximate surface area is 140 Å². The Bertz CT molecular complexity index is 447. The van der Waals surface area contributed by atoms with Gasteiger partial charge >= 0.3 is 0 Å². The third kappa shape index (κ3) is 5.62. The zero-order valence-corrected chi connectivity index (χ0v) is 14.4. The molecule has 1 aromatic rings. The molecule has 0 radical (unpaired) electrons. The molecule has 1 aliphatic rings. The maximum absolute atomic E-state index is 12.3. The zero-order valence-electron chi connectivity index (χ0n) is 13.6. The Morgan fingerprint density at radius 1 is 1.23 bits per heavy atom. The summed E-state index contributed by atoms with van der Waals surface area (Å²) in [6, 6.07) is 8.96. The number of nitrogens with two attached hydrogens (primary N) is 1. The normalized spacial score (nSPS) is 17.9. The van der Waals surface area contributed by atoms with Gasteiger partial charge in [0.25, 0.3) is 0 Å². The average molecular weight is 325 g/mol. The number of likely N-dealkylation sites (tertiary alicyclic amines) is 1. The van der Waals surface area contributed by atoms with E-state index in [4.69, 9.17) is 5.73 Å². The molecule has 1 heterocycles. The predicted octanol–water partition coefficient (Wildman–Crippen LogP) is 3.47. The van der Waals surface area contributed by atoms with Crippen molar-refractivity contribution in [3.05, 3.63) is 35.4 Å². The second kappa shape index (κ2) is 9.86. The van der Waals surface area contributed by atoms with Gasteiger partial charge in [-0.1, -0.05) is 29.8 Å². The molecule has 1 saturated heterocycles. The smallest absolute Gasteiger partial charge is 0.222 e. The molecule has 124 valence electrons. The van der Waals surface area contributed by atoms with E-state index in [0.29, 0.717) is 18.9 Å². The molecule has 22 heavy (non-hydrogen) atoms. The standard InChI is InChI=1S/C18H28N2O.ClH/c1-15-9-11-16(12-10-15)6-2-3-8-18(21)20-13-5-4-7-17(20)14-19;/h9-12,17H,2-8,13-14,19H2,1H3;1H. The monoisotopic (exact) mass is 324 g/mol. The van der Waals surface area contributed by atoms with Crippen LogP contribution in [0, 0.1) is 6.92 Å². The second-order valence-electron chi connectivity index (χ2n) is 6.17. The van der Waals surface area contributed by atoms with Crippen LogP contribution in [-0.4, -0.2) is 29.9 Å². The molecule has 0 bridgehead atoms. The molecule has 1 aliphatic heterocycles. The number of benzene rings is 1. The average Bonchev–Trinajstić information content (AvgIpc) is 2.53. The Hall–Kier alpha value is -1.06. The molecule has 0 saturated carbocycles. The van der Waals surface area contributed by atoms with Crippen molar-refractivity contribution >= 4 is 18.3 Å². The van der Waals surface area contributed by atoms with E-state index in [1.165, 1.54) is 17.5 Å². The summed E-state index contributed by atoms with van der Waals surface area (Å²) in [6.07, 6.45) is 7.20. The Morgan fingerprint density at radius 2 is 1.95 bits per heavy atom. The fourth-order valence-electron chi connectivity index (χ4n) is 3.08. The van der Waals surface area contributed by atoms with E-state index in [1.54, 1.807) is 0 Å². The van der Waals surface area contributed by atoms with Gasteiger partial charge in [0.2, 0.25) is 5.91 Å². The predicted molar refractivity (Wildman–Crippen MR) is 94.4 cm³/mol. The number of carbonyl (C=O) groups excluding carboxylic acids is 1. The number of unbranched alkanes of at least 4 members (excludes halogenated alkanes) is 1. The van der Waals surface area contributed by atoms with Crippen LogP contribution in [0.2, 0.25) is 0 Å². The summed E-state index contributed by atoms with van der Waals surface area (Å²) >= 11 is 0. The van der Waals surface area contributed by atoms with Crippen molar-refractivity contribution in [2.24, 2.45) is 5.73 Å². The number of piperidine rings is 1. The van der Waals surface area contributed by atoms with Crippen molar-refractivity contribution in [3.8, 4) is 0 Å². The van der Waals surface area contributed by atoms with Crippen molar-refractivity contribution in [3.63, 3.8) is 0 Å². The molecule has 1 atom stereocenters.